The van der Waals surface area contributed by atoms with E-state index in [4.69, 9.17) is 0 Å². The maximum atomic E-state index is 11.5. The van der Waals surface area contributed by atoms with Gasteiger partial charge >= 0.3 is 0 Å². The summed E-state index contributed by atoms with van der Waals surface area (Å²) in [7, 11) is -3.17. The van der Waals surface area contributed by atoms with Crippen LogP contribution in [0.2, 0.25) is 0 Å². The van der Waals surface area contributed by atoms with E-state index in [1.165, 1.54) is 0 Å². The van der Waals surface area contributed by atoms with Gasteiger partial charge in [-0.05, 0) is 12.8 Å². The highest BCUT2D eigenvalue weighted by atomic mass is 32.2. The van der Waals surface area contributed by atoms with Gasteiger partial charge in [0.25, 0.3) is 0 Å². The zero-order valence-electron chi connectivity index (χ0n) is 8.35. The van der Waals surface area contributed by atoms with Gasteiger partial charge in [-0.3, -0.25) is 4.79 Å². The maximum Gasteiger partial charge on any atom is 0.223 e. The lowest BCUT2D eigenvalue weighted by atomic mass is 9.84. The summed E-state index contributed by atoms with van der Waals surface area (Å²) in [6.07, 6.45) is 1.87. The molecule has 86 valence electrons. The van der Waals surface area contributed by atoms with Crippen molar-refractivity contribution in [2.75, 3.05) is 11.5 Å². The van der Waals surface area contributed by atoms with E-state index in [2.05, 4.69) is 5.32 Å². The number of sulfone groups is 1. The maximum absolute atomic E-state index is 11.5. The van der Waals surface area contributed by atoms with E-state index in [9.17, 15) is 18.3 Å². The fourth-order valence-corrected chi connectivity index (χ4v) is 3.68. The summed E-state index contributed by atoms with van der Waals surface area (Å²) in [5, 5.41) is 12.1. The van der Waals surface area contributed by atoms with Crippen molar-refractivity contribution in [1.82, 2.24) is 5.32 Å². The largest absolute Gasteiger partial charge is 0.390 e. The molecule has 1 aliphatic carbocycles. The highest BCUT2D eigenvalue weighted by Crippen LogP contribution is 2.26. The van der Waals surface area contributed by atoms with Gasteiger partial charge in [-0.25, -0.2) is 8.42 Å². The Labute approximate surface area is 88.8 Å². The van der Waals surface area contributed by atoms with Crippen molar-refractivity contribution in [3.8, 4) is 0 Å². The van der Waals surface area contributed by atoms with Crippen LogP contribution in [-0.2, 0) is 14.6 Å². The molecule has 6 heteroatoms. The average Bonchev–Trinajstić information content (AvgIpc) is 2.20. The van der Waals surface area contributed by atoms with Gasteiger partial charge < -0.3 is 10.4 Å². The summed E-state index contributed by atoms with van der Waals surface area (Å²) >= 11 is 0. The predicted octanol–water partition coefficient (Wildman–Crippen LogP) is -0.939. The molecule has 2 N–H and O–H groups in total. The van der Waals surface area contributed by atoms with Gasteiger partial charge in [0.15, 0.2) is 9.84 Å². The second kappa shape index (κ2) is 3.75. The normalized spacial score (nSPS) is 34.7. The lowest BCUT2D eigenvalue weighted by molar-refractivity contribution is -0.128. The molecule has 0 aromatic heterocycles. The van der Waals surface area contributed by atoms with Crippen molar-refractivity contribution < 1.29 is 18.3 Å². The van der Waals surface area contributed by atoms with Crippen LogP contribution < -0.4 is 5.32 Å². The molecule has 1 amide bonds. The minimum atomic E-state index is -3.17. The van der Waals surface area contributed by atoms with E-state index in [-0.39, 0.29) is 23.3 Å². The topological polar surface area (TPSA) is 83.5 Å². The van der Waals surface area contributed by atoms with Gasteiger partial charge in [0.2, 0.25) is 5.91 Å². The van der Waals surface area contributed by atoms with Gasteiger partial charge in [0.05, 0.1) is 23.7 Å². The molecule has 0 aromatic rings. The molecule has 0 spiro atoms. The number of amides is 1. The van der Waals surface area contributed by atoms with Crippen molar-refractivity contribution in [2.24, 2.45) is 5.92 Å². The number of carbonyl (C=O) groups excluding carboxylic acids is 1. The van der Waals surface area contributed by atoms with E-state index in [1.807, 2.05) is 0 Å². The van der Waals surface area contributed by atoms with Crippen LogP contribution in [0.5, 0.6) is 0 Å². The summed E-state index contributed by atoms with van der Waals surface area (Å²) in [6.45, 7) is 0. The van der Waals surface area contributed by atoms with Crippen LogP contribution in [-0.4, -0.2) is 43.1 Å². The Balaban J connectivity index is 1.92. The first-order valence-corrected chi connectivity index (χ1v) is 6.99. The molecular weight excluding hydrogens is 218 g/mol. The van der Waals surface area contributed by atoms with E-state index in [0.29, 0.717) is 0 Å². The molecule has 0 bridgehead atoms. The number of aliphatic hydroxyl groups is 1. The second-order valence-corrected chi connectivity index (χ2v) is 6.54. The molecule has 0 aromatic carbocycles. The number of nitrogens with one attached hydrogen (secondary N) is 1. The Hall–Kier alpha value is -0.620. The third-order valence-electron chi connectivity index (χ3n) is 3.13. The van der Waals surface area contributed by atoms with Gasteiger partial charge in [0, 0.05) is 5.92 Å². The fraction of sp³-hybridized carbons (Fsp3) is 0.889. The van der Waals surface area contributed by atoms with Crippen LogP contribution in [0.1, 0.15) is 19.3 Å². The van der Waals surface area contributed by atoms with Crippen molar-refractivity contribution >= 4 is 15.7 Å². The number of hydrogen-bond acceptors (Lipinski definition) is 4. The van der Waals surface area contributed by atoms with Crippen LogP contribution in [0.3, 0.4) is 0 Å². The highest BCUT2D eigenvalue weighted by molar-refractivity contribution is 7.91. The number of hydrogen-bond donors (Lipinski definition) is 2. The Bertz CT molecular complexity index is 360. The number of carbonyl (C=O) groups is 1. The Morgan fingerprint density at radius 3 is 2.33 bits per heavy atom. The average molecular weight is 233 g/mol. The van der Waals surface area contributed by atoms with Crippen molar-refractivity contribution in [2.45, 2.75) is 31.4 Å². The summed E-state index contributed by atoms with van der Waals surface area (Å²) < 4.78 is 22.3. The second-order valence-electron chi connectivity index (χ2n) is 4.39. The Morgan fingerprint density at radius 2 is 1.93 bits per heavy atom. The molecule has 1 heterocycles. The van der Waals surface area contributed by atoms with E-state index >= 15 is 0 Å². The molecule has 2 aliphatic rings. The first kappa shape index (κ1) is 10.9. The first-order valence-electron chi connectivity index (χ1n) is 5.17. The molecule has 1 aliphatic heterocycles. The van der Waals surface area contributed by atoms with Crippen LogP contribution in [0.15, 0.2) is 0 Å². The molecule has 5 nitrogen and oxygen atoms in total. The van der Waals surface area contributed by atoms with Crippen molar-refractivity contribution in [1.29, 1.82) is 0 Å². The quantitative estimate of drug-likeness (QED) is 0.645. The molecule has 2 rings (SSSR count). The van der Waals surface area contributed by atoms with Gasteiger partial charge in [0.1, 0.15) is 0 Å². The molecule has 0 unspecified atom stereocenters. The van der Waals surface area contributed by atoms with E-state index in [1.54, 1.807) is 0 Å². The SMILES string of the molecule is O=C(N[C@H]1CS(=O)(=O)C[C@H]1O)C1CCC1. The summed E-state index contributed by atoms with van der Waals surface area (Å²) in [5.41, 5.74) is 0. The lowest BCUT2D eigenvalue weighted by Gasteiger charge is -2.26. The zero-order chi connectivity index (χ0) is 11.1. The summed E-state index contributed by atoms with van der Waals surface area (Å²) in [5.74, 6) is -0.446. The van der Waals surface area contributed by atoms with Gasteiger partial charge in [-0.1, -0.05) is 6.42 Å². The smallest absolute Gasteiger partial charge is 0.223 e. The molecule has 1 saturated carbocycles. The Morgan fingerprint density at radius 1 is 1.27 bits per heavy atom. The lowest BCUT2D eigenvalue weighted by Crippen LogP contribution is -2.46. The highest BCUT2D eigenvalue weighted by Gasteiger charge is 2.38. The predicted molar refractivity (Wildman–Crippen MR) is 53.9 cm³/mol. The minimum absolute atomic E-state index is 0.0282. The fourth-order valence-electron chi connectivity index (χ4n) is 1.94. The van der Waals surface area contributed by atoms with E-state index in [0.717, 1.165) is 19.3 Å². The Kier molecular flexibility index (Phi) is 2.72. The molecule has 2 fully saturated rings. The summed E-state index contributed by atoms with van der Waals surface area (Å²) in [4.78, 5) is 11.5. The summed E-state index contributed by atoms with van der Waals surface area (Å²) in [6, 6.07) is -0.608. The van der Waals surface area contributed by atoms with Crippen molar-refractivity contribution in [3.63, 3.8) is 0 Å². The monoisotopic (exact) mass is 233 g/mol. The third-order valence-corrected chi connectivity index (χ3v) is 4.84. The third kappa shape index (κ3) is 2.31. The minimum Gasteiger partial charge on any atom is -0.390 e. The number of aliphatic hydroxyl groups excluding tert-OH is 1. The molecular formula is C9H15NO4S. The standard InChI is InChI=1S/C9H15NO4S/c11-8-5-15(13,14)4-7(8)10-9(12)6-2-1-3-6/h6-8,11H,1-5H2,(H,10,12)/t7-,8+/m0/s1. The first-order chi connectivity index (χ1) is 6.98. The van der Waals surface area contributed by atoms with Crippen LogP contribution in [0.4, 0.5) is 0 Å². The van der Waals surface area contributed by atoms with Gasteiger partial charge in [-0.2, -0.15) is 0 Å². The van der Waals surface area contributed by atoms with Crippen molar-refractivity contribution in [3.05, 3.63) is 0 Å². The van der Waals surface area contributed by atoms with Gasteiger partial charge in [-0.15, -0.1) is 0 Å². The molecule has 15 heavy (non-hydrogen) atoms. The van der Waals surface area contributed by atoms with Crippen LogP contribution in [0, 0.1) is 5.92 Å². The van der Waals surface area contributed by atoms with Crippen LogP contribution >= 0.6 is 0 Å². The molecule has 2 atom stereocenters. The number of rotatable bonds is 2. The zero-order valence-corrected chi connectivity index (χ0v) is 9.16. The molecule has 0 radical (unpaired) electrons. The molecule has 1 saturated heterocycles. The van der Waals surface area contributed by atoms with E-state index < -0.39 is 22.0 Å². The van der Waals surface area contributed by atoms with Crippen LogP contribution in [0.25, 0.3) is 0 Å².